The Morgan fingerprint density at radius 1 is 1.15 bits per heavy atom. The van der Waals surface area contributed by atoms with E-state index in [4.69, 9.17) is 0 Å². The maximum Gasteiger partial charge on any atom is 0.337 e. The largest absolute Gasteiger partial charge is 0.478 e. The Kier molecular flexibility index (Phi) is 3.71. The van der Waals surface area contributed by atoms with Crippen LogP contribution in [-0.4, -0.2) is 15.6 Å². The topological polar surface area (TPSA) is 42.2 Å². The predicted octanol–water partition coefficient (Wildman–Crippen LogP) is 4.36. The van der Waals surface area contributed by atoms with Gasteiger partial charge in [-0.3, -0.25) is 0 Å². The lowest BCUT2D eigenvalue weighted by Crippen LogP contribution is -2.07. The van der Waals surface area contributed by atoms with Crippen molar-refractivity contribution in [3.8, 4) is 11.3 Å². The summed E-state index contributed by atoms with van der Waals surface area (Å²) in [6, 6.07) is 8.29. The number of carboxylic acids is 1. The highest BCUT2D eigenvalue weighted by molar-refractivity contribution is 5.91. The van der Waals surface area contributed by atoms with Crippen LogP contribution in [0.5, 0.6) is 0 Å². The molecule has 2 aromatic rings. The summed E-state index contributed by atoms with van der Waals surface area (Å²) in [5.41, 5.74) is 5.62. The number of aromatic nitrogens is 1. The molecule has 0 unspecified atom stereocenters. The summed E-state index contributed by atoms with van der Waals surface area (Å²) < 4.78 is 2.10. The molecule has 1 aromatic carbocycles. The van der Waals surface area contributed by atoms with E-state index in [1.807, 2.05) is 6.92 Å². The van der Waals surface area contributed by atoms with Gasteiger partial charge in [-0.25, -0.2) is 4.79 Å². The summed E-state index contributed by atoms with van der Waals surface area (Å²) in [5, 5.41) is 9.34. The van der Waals surface area contributed by atoms with E-state index in [0.717, 1.165) is 22.5 Å². The third kappa shape index (κ3) is 2.36. The van der Waals surface area contributed by atoms with Crippen LogP contribution >= 0.6 is 0 Å². The molecule has 0 saturated carbocycles. The van der Waals surface area contributed by atoms with Crippen molar-refractivity contribution in [3.63, 3.8) is 0 Å². The second kappa shape index (κ2) is 5.16. The van der Waals surface area contributed by atoms with Crippen molar-refractivity contribution < 1.29 is 9.90 Å². The van der Waals surface area contributed by atoms with Crippen LogP contribution in [0.4, 0.5) is 0 Å². The molecule has 106 valence electrons. The molecule has 1 N–H and O–H groups in total. The van der Waals surface area contributed by atoms with E-state index in [0.29, 0.717) is 5.56 Å². The van der Waals surface area contributed by atoms with Gasteiger partial charge in [-0.1, -0.05) is 17.7 Å². The third-order valence-electron chi connectivity index (χ3n) is 3.71. The van der Waals surface area contributed by atoms with Gasteiger partial charge in [0.25, 0.3) is 0 Å². The van der Waals surface area contributed by atoms with Crippen molar-refractivity contribution in [2.45, 2.75) is 40.7 Å². The Morgan fingerprint density at radius 2 is 1.80 bits per heavy atom. The van der Waals surface area contributed by atoms with Gasteiger partial charge in [-0.15, -0.1) is 0 Å². The predicted molar refractivity (Wildman–Crippen MR) is 81.4 cm³/mol. The molecule has 1 aromatic heterocycles. The van der Waals surface area contributed by atoms with Gasteiger partial charge in [0.05, 0.1) is 5.56 Å². The molecular weight excluding hydrogens is 250 g/mol. The van der Waals surface area contributed by atoms with E-state index in [2.05, 4.69) is 50.5 Å². The van der Waals surface area contributed by atoms with Crippen molar-refractivity contribution >= 4 is 5.97 Å². The van der Waals surface area contributed by atoms with Gasteiger partial charge >= 0.3 is 5.97 Å². The first kappa shape index (κ1) is 14.4. The quantitative estimate of drug-likeness (QED) is 0.901. The highest BCUT2D eigenvalue weighted by Gasteiger charge is 2.20. The molecule has 3 nitrogen and oxygen atoms in total. The van der Waals surface area contributed by atoms with Crippen LogP contribution in [0.25, 0.3) is 11.3 Å². The number of benzene rings is 1. The normalized spacial score (nSPS) is 11.1. The molecule has 3 heteroatoms. The van der Waals surface area contributed by atoms with Crippen LogP contribution < -0.4 is 0 Å². The highest BCUT2D eigenvalue weighted by atomic mass is 16.4. The second-order valence-electron chi connectivity index (χ2n) is 5.62. The zero-order valence-corrected chi connectivity index (χ0v) is 12.7. The minimum Gasteiger partial charge on any atom is -0.478 e. The lowest BCUT2D eigenvalue weighted by molar-refractivity contribution is 0.0696. The van der Waals surface area contributed by atoms with Crippen molar-refractivity contribution in [2.24, 2.45) is 0 Å². The standard InChI is InChI=1S/C17H21NO2/c1-10(2)18-13(5)15(17(19)20)9-16(18)14-8-11(3)6-7-12(14)4/h6-10H,1-5H3,(H,19,20). The molecule has 1 heterocycles. The van der Waals surface area contributed by atoms with Gasteiger partial charge < -0.3 is 9.67 Å². The minimum atomic E-state index is -0.867. The van der Waals surface area contributed by atoms with Crippen LogP contribution in [-0.2, 0) is 0 Å². The van der Waals surface area contributed by atoms with Gasteiger partial charge in [0, 0.05) is 23.0 Å². The Hall–Kier alpha value is -2.03. The number of aromatic carboxylic acids is 1. The van der Waals surface area contributed by atoms with E-state index in [1.54, 1.807) is 6.07 Å². The van der Waals surface area contributed by atoms with E-state index in [-0.39, 0.29) is 6.04 Å². The third-order valence-corrected chi connectivity index (χ3v) is 3.71. The number of hydrogen-bond acceptors (Lipinski definition) is 1. The molecule has 0 aliphatic heterocycles. The number of rotatable bonds is 3. The maximum atomic E-state index is 11.4. The maximum absolute atomic E-state index is 11.4. The zero-order chi connectivity index (χ0) is 15.0. The molecule has 0 fully saturated rings. The molecule has 0 atom stereocenters. The Bertz CT molecular complexity index is 666. The van der Waals surface area contributed by atoms with E-state index < -0.39 is 5.97 Å². The molecule has 2 rings (SSSR count). The first-order valence-corrected chi connectivity index (χ1v) is 6.85. The monoisotopic (exact) mass is 271 g/mol. The molecular formula is C17H21NO2. The zero-order valence-electron chi connectivity index (χ0n) is 12.7. The molecule has 0 bridgehead atoms. The molecule has 0 amide bonds. The molecule has 0 spiro atoms. The van der Waals surface area contributed by atoms with E-state index >= 15 is 0 Å². The SMILES string of the molecule is Cc1ccc(C)c(-c2cc(C(=O)O)c(C)n2C(C)C)c1. The summed E-state index contributed by atoms with van der Waals surface area (Å²) in [6.07, 6.45) is 0. The average Bonchev–Trinajstić information content (AvgIpc) is 2.70. The number of nitrogens with zero attached hydrogens (tertiary/aromatic N) is 1. The van der Waals surface area contributed by atoms with Crippen molar-refractivity contribution in [1.29, 1.82) is 0 Å². The first-order valence-electron chi connectivity index (χ1n) is 6.85. The Morgan fingerprint density at radius 3 is 2.35 bits per heavy atom. The van der Waals surface area contributed by atoms with E-state index in [9.17, 15) is 9.90 Å². The van der Waals surface area contributed by atoms with Crippen LogP contribution in [0.2, 0.25) is 0 Å². The number of carboxylic acid groups (broad SMARTS) is 1. The Labute approximate surface area is 119 Å². The van der Waals surface area contributed by atoms with Crippen molar-refractivity contribution in [3.05, 3.63) is 46.6 Å². The van der Waals surface area contributed by atoms with Gasteiger partial charge in [-0.05, 0) is 52.3 Å². The summed E-state index contributed by atoms with van der Waals surface area (Å²) in [5.74, 6) is -0.867. The molecule has 0 radical (unpaired) electrons. The smallest absolute Gasteiger partial charge is 0.337 e. The second-order valence-corrected chi connectivity index (χ2v) is 5.62. The molecule has 0 aliphatic rings. The summed E-state index contributed by atoms with van der Waals surface area (Å²) in [6.45, 7) is 10.1. The first-order chi connectivity index (χ1) is 9.32. The fourth-order valence-corrected chi connectivity index (χ4v) is 2.72. The van der Waals surface area contributed by atoms with Gasteiger partial charge in [0.15, 0.2) is 0 Å². The number of aryl methyl sites for hydroxylation is 2. The van der Waals surface area contributed by atoms with Crippen LogP contribution in [0.3, 0.4) is 0 Å². The van der Waals surface area contributed by atoms with Crippen LogP contribution in [0, 0.1) is 20.8 Å². The van der Waals surface area contributed by atoms with Gasteiger partial charge in [0.2, 0.25) is 0 Å². The minimum absolute atomic E-state index is 0.220. The lowest BCUT2D eigenvalue weighted by atomic mass is 10.0. The van der Waals surface area contributed by atoms with Crippen molar-refractivity contribution in [2.75, 3.05) is 0 Å². The number of hydrogen-bond donors (Lipinski definition) is 1. The average molecular weight is 271 g/mol. The molecule has 0 aliphatic carbocycles. The van der Waals surface area contributed by atoms with Crippen LogP contribution in [0.1, 0.15) is 47.1 Å². The number of carbonyl (C=O) groups is 1. The van der Waals surface area contributed by atoms with Crippen LogP contribution in [0.15, 0.2) is 24.3 Å². The van der Waals surface area contributed by atoms with Gasteiger partial charge in [0.1, 0.15) is 0 Å². The highest BCUT2D eigenvalue weighted by Crippen LogP contribution is 2.31. The molecule has 0 saturated heterocycles. The summed E-state index contributed by atoms with van der Waals surface area (Å²) in [4.78, 5) is 11.4. The van der Waals surface area contributed by atoms with E-state index in [1.165, 1.54) is 5.56 Å². The summed E-state index contributed by atoms with van der Waals surface area (Å²) in [7, 11) is 0. The summed E-state index contributed by atoms with van der Waals surface area (Å²) >= 11 is 0. The molecule has 20 heavy (non-hydrogen) atoms. The Balaban J connectivity index is 2.76. The van der Waals surface area contributed by atoms with Gasteiger partial charge in [-0.2, -0.15) is 0 Å². The fourth-order valence-electron chi connectivity index (χ4n) is 2.72. The van der Waals surface area contributed by atoms with Crippen molar-refractivity contribution in [1.82, 2.24) is 4.57 Å². The lowest BCUT2D eigenvalue weighted by Gasteiger charge is -2.17. The fraction of sp³-hybridized carbons (Fsp3) is 0.353.